The molecule has 0 spiro atoms. The summed E-state index contributed by atoms with van der Waals surface area (Å²) in [6.07, 6.45) is 0. The van der Waals surface area contributed by atoms with E-state index in [0.29, 0.717) is 0 Å². The normalized spacial score (nSPS) is 9.56. The molecule has 1 aromatic rings. The lowest BCUT2D eigenvalue weighted by atomic mass is 10.4. The van der Waals surface area contributed by atoms with Crippen molar-refractivity contribution in [2.24, 2.45) is 0 Å². The van der Waals surface area contributed by atoms with E-state index in [0.717, 1.165) is 11.0 Å². The lowest BCUT2D eigenvalue weighted by Crippen LogP contribution is -2.11. The van der Waals surface area contributed by atoms with Gasteiger partial charge < -0.3 is 4.98 Å². The van der Waals surface area contributed by atoms with Gasteiger partial charge in [0.15, 0.2) is 0 Å². The van der Waals surface area contributed by atoms with Crippen LogP contribution in [0.1, 0.15) is 5.69 Å². The molecule has 0 aliphatic heterocycles. The summed E-state index contributed by atoms with van der Waals surface area (Å²) in [5.74, 6) is 0. The molecular weight excluding hydrogens is 133 g/mol. The van der Waals surface area contributed by atoms with Gasteiger partial charge in [0.1, 0.15) is 0 Å². The van der Waals surface area contributed by atoms with Crippen LogP contribution in [0.3, 0.4) is 0 Å². The Hall–Kier alpha value is -0.620. The van der Waals surface area contributed by atoms with Gasteiger partial charge in [0.05, 0.1) is 0 Å². The van der Waals surface area contributed by atoms with Crippen molar-refractivity contribution in [3.8, 4) is 0 Å². The van der Waals surface area contributed by atoms with Crippen molar-refractivity contribution >= 4 is 14.5 Å². The number of pyridine rings is 1. The fourth-order valence-electron chi connectivity index (χ4n) is 0.710. The van der Waals surface area contributed by atoms with Gasteiger partial charge in [-0.2, -0.15) is 0 Å². The molecule has 0 radical (unpaired) electrons. The van der Waals surface area contributed by atoms with E-state index in [9.17, 15) is 4.79 Å². The van der Waals surface area contributed by atoms with Crippen LogP contribution in [0.25, 0.3) is 0 Å². The third-order valence-corrected chi connectivity index (χ3v) is 1.33. The number of aromatic nitrogens is 1. The summed E-state index contributed by atoms with van der Waals surface area (Å²) in [5, 5.41) is 0.927. The zero-order valence-corrected chi connectivity index (χ0v) is 6.29. The van der Waals surface area contributed by atoms with E-state index in [1.165, 1.54) is 6.07 Å². The van der Waals surface area contributed by atoms with Crippen molar-refractivity contribution in [3.05, 3.63) is 28.2 Å². The molecule has 1 atom stereocenters. The Morgan fingerprint density at radius 1 is 1.56 bits per heavy atom. The van der Waals surface area contributed by atoms with Gasteiger partial charge in [0.25, 0.3) is 0 Å². The maximum atomic E-state index is 10.6. The minimum atomic E-state index is -0.0417. The topological polar surface area (TPSA) is 32.9 Å². The molecule has 0 saturated carbocycles. The van der Waals surface area contributed by atoms with E-state index < -0.39 is 0 Å². The number of aryl methyl sites for hydroxylation is 1. The molecule has 1 N–H and O–H groups in total. The van der Waals surface area contributed by atoms with Crippen molar-refractivity contribution in [2.45, 2.75) is 6.92 Å². The summed E-state index contributed by atoms with van der Waals surface area (Å²) < 4.78 is 0. The Morgan fingerprint density at radius 3 is 2.67 bits per heavy atom. The first-order valence-electron chi connectivity index (χ1n) is 2.65. The Kier molecular flexibility index (Phi) is 1.68. The number of aromatic amines is 1. The van der Waals surface area contributed by atoms with Gasteiger partial charge in [0.2, 0.25) is 5.56 Å². The van der Waals surface area contributed by atoms with Gasteiger partial charge in [-0.3, -0.25) is 4.79 Å². The number of hydrogen-bond acceptors (Lipinski definition) is 1. The standard InChI is InChI=1S/C6H8NOP/c1-4-2-5(9)3-6(8)7-4/h2-3H,9H2,1H3,(H,7,8). The molecule has 2 nitrogen and oxygen atoms in total. The van der Waals surface area contributed by atoms with Gasteiger partial charge in [-0.25, -0.2) is 0 Å². The SMILES string of the molecule is Cc1cc(P)cc(=O)[nH]1. The number of rotatable bonds is 0. The highest BCUT2D eigenvalue weighted by atomic mass is 31.0. The van der Waals surface area contributed by atoms with Gasteiger partial charge in [-0.05, 0) is 18.3 Å². The molecule has 0 aliphatic rings. The number of hydrogen-bond donors (Lipinski definition) is 1. The van der Waals surface area contributed by atoms with Crippen LogP contribution < -0.4 is 10.9 Å². The maximum absolute atomic E-state index is 10.6. The Bertz CT molecular complexity index is 243. The predicted molar refractivity (Wildman–Crippen MR) is 41.1 cm³/mol. The minimum Gasteiger partial charge on any atom is -0.326 e. The molecule has 0 aliphatic carbocycles. The second-order valence-corrected chi connectivity index (χ2v) is 2.63. The molecule has 0 amide bonds. The molecule has 3 heteroatoms. The largest absolute Gasteiger partial charge is 0.326 e. The van der Waals surface area contributed by atoms with Crippen molar-refractivity contribution in [1.82, 2.24) is 4.98 Å². The lowest BCUT2D eigenvalue weighted by Gasteiger charge is -1.91. The quantitative estimate of drug-likeness (QED) is 0.514. The molecule has 9 heavy (non-hydrogen) atoms. The van der Waals surface area contributed by atoms with Gasteiger partial charge in [0, 0.05) is 11.8 Å². The van der Waals surface area contributed by atoms with Gasteiger partial charge >= 0.3 is 0 Å². The van der Waals surface area contributed by atoms with Gasteiger partial charge in [-0.15, -0.1) is 9.24 Å². The maximum Gasteiger partial charge on any atom is 0.248 e. The highest BCUT2D eigenvalue weighted by Gasteiger charge is 1.87. The molecule has 1 unspecified atom stereocenters. The second kappa shape index (κ2) is 2.32. The van der Waals surface area contributed by atoms with Crippen molar-refractivity contribution in [3.63, 3.8) is 0 Å². The molecular formula is C6H8NOP. The molecule has 1 aromatic heterocycles. The smallest absolute Gasteiger partial charge is 0.248 e. The van der Waals surface area contributed by atoms with Crippen LogP contribution in [0.4, 0.5) is 0 Å². The van der Waals surface area contributed by atoms with Crippen molar-refractivity contribution in [1.29, 1.82) is 0 Å². The molecule has 0 bridgehead atoms. The third kappa shape index (κ3) is 1.65. The van der Waals surface area contributed by atoms with E-state index in [1.54, 1.807) is 0 Å². The zero-order chi connectivity index (χ0) is 6.85. The monoisotopic (exact) mass is 141 g/mol. The number of H-pyrrole nitrogens is 1. The van der Waals surface area contributed by atoms with Crippen LogP contribution in [0.15, 0.2) is 16.9 Å². The van der Waals surface area contributed by atoms with Crippen LogP contribution in [0.2, 0.25) is 0 Å². The summed E-state index contributed by atoms with van der Waals surface area (Å²) in [6, 6.07) is 3.43. The Labute approximate surface area is 55.5 Å². The van der Waals surface area contributed by atoms with Crippen LogP contribution >= 0.6 is 9.24 Å². The van der Waals surface area contributed by atoms with Gasteiger partial charge in [-0.1, -0.05) is 0 Å². The fourth-order valence-corrected chi connectivity index (χ4v) is 1.11. The second-order valence-electron chi connectivity index (χ2n) is 1.96. The highest BCUT2D eigenvalue weighted by molar-refractivity contribution is 7.27. The van der Waals surface area contributed by atoms with E-state index in [1.807, 2.05) is 13.0 Å². The first-order valence-corrected chi connectivity index (χ1v) is 3.22. The van der Waals surface area contributed by atoms with Crippen LogP contribution in [0, 0.1) is 6.92 Å². The number of nitrogens with one attached hydrogen (secondary N) is 1. The van der Waals surface area contributed by atoms with E-state index in [2.05, 4.69) is 14.2 Å². The minimum absolute atomic E-state index is 0.0417. The highest BCUT2D eigenvalue weighted by Crippen LogP contribution is 1.86. The third-order valence-electron chi connectivity index (χ3n) is 1.00. The summed E-state index contributed by atoms with van der Waals surface area (Å²) in [7, 11) is 2.48. The Morgan fingerprint density at radius 2 is 2.22 bits per heavy atom. The summed E-state index contributed by atoms with van der Waals surface area (Å²) in [6.45, 7) is 1.86. The Balaban J connectivity index is 3.33. The summed E-state index contributed by atoms with van der Waals surface area (Å²) >= 11 is 0. The first kappa shape index (κ1) is 6.50. The predicted octanol–water partition coefficient (Wildman–Crippen LogP) is 0.184. The summed E-state index contributed by atoms with van der Waals surface area (Å²) in [4.78, 5) is 13.3. The average molecular weight is 141 g/mol. The average Bonchev–Trinajstić information content (AvgIpc) is 1.59. The van der Waals surface area contributed by atoms with E-state index in [4.69, 9.17) is 0 Å². The molecule has 0 aromatic carbocycles. The molecule has 1 heterocycles. The molecule has 0 fully saturated rings. The van der Waals surface area contributed by atoms with E-state index in [-0.39, 0.29) is 5.56 Å². The molecule has 1 rings (SSSR count). The molecule has 48 valence electrons. The van der Waals surface area contributed by atoms with Crippen molar-refractivity contribution in [2.75, 3.05) is 0 Å². The summed E-state index contributed by atoms with van der Waals surface area (Å²) in [5.41, 5.74) is 0.854. The van der Waals surface area contributed by atoms with E-state index >= 15 is 0 Å². The zero-order valence-electron chi connectivity index (χ0n) is 5.14. The van der Waals surface area contributed by atoms with Crippen LogP contribution in [-0.4, -0.2) is 4.98 Å². The first-order chi connectivity index (χ1) is 4.18. The lowest BCUT2D eigenvalue weighted by molar-refractivity contribution is 1.15. The fraction of sp³-hybridized carbons (Fsp3) is 0.167. The van der Waals surface area contributed by atoms with Crippen LogP contribution in [-0.2, 0) is 0 Å². The molecule has 0 saturated heterocycles. The van der Waals surface area contributed by atoms with Crippen LogP contribution in [0.5, 0.6) is 0 Å². The van der Waals surface area contributed by atoms with Crippen molar-refractivity contribution < 1.29 is 0 Å².